The first-order chi connectivity index (χ1) is 9.63. The van der Waals surface area contributed by atoms with Gasteiger partial charge in [-0.05, 0) is 18.2 Å². The smallest absolute Gasteiger partial charge is 0.131 e. The van der Waals surface area contributed by atoms with Gasteiger partial charge in [0.25, 0.3) is 0 Å². The number of thiazole rings is 1. The molecule has 0 radical (unpaired) electrons. The molecular formula is C15H11F2NOS. The number of aliphatic hydroxyl groups excluding tert-OH is 1. The maximum Gasteiger partial charge on any atom is 0.131 e. The average Bonchev–Trinajstić information content (AvgIpc) is 2.80. The van der Waals surface area contributed by atoms with Crippen molar-refractivity contribution in [3.8, 4) is 0 Å². The van der Waals surface area contributed by atoms with Crippen LogP contribution in [0.3, 0.4) is 0 Å². The molecule has 0 aliphatic heterocycles. The van der Waals surface area contributed by atoms with Gasteiger partial charge in [-0.25, -0.2) is 13.8 Å². The number of halogens is 2. The van der Waals surface area contributed by atoms with E-state index in [1.165, 1.54) is 17.4 Å². The Labute approximate surface area is 118 Å². The third-order valence-corrected chi connectivity index (χ3v) is 4.09. The zero-order chi connectivity index (χ0) is 14.1. The number of para-hydroxylation sites is 1. The zero-order valence-electron chi connectivity index (χ0n) is 10.4. The Bertz CT molecular complexity index is 723. The molecule has 20 heavy (non-hydrogen) atoms. The first kappa shape index (κ1) is 13.1. The topological polar surface area (TPSA) is 33.1 Å². The summed E-state index contributed by atoms with van der Waals surface area (Å²) in [5.74, 6) is -1.39. The van der Waals surface area contributed by atoms with Gasteiger partial charge in [0, 0.05) is 18.1 Å². The Morgan fingerprint density at radius 1 is 1.15 bits per heavy atom. The van der Waals surface area contributed by atoms with E-state index >= 15 is 0 Å². The minimum Gasteiger partial charge on any atom is -0.388 e. The summed E-state index contributed by atoms with van der Waals surface area (Å²) in [6.45, 7) is 0. The number of rotatable bonds is 3. The van der Waals surface area contributed by atoms with Crippen molar-refractivity contribution in [1.82, 2.24) is 4.98 Å². The molecular weight excluding hydrogens is 280 g/mol. The van der Waals surface area contributed by atoms with Gasteiger partial charge in [0.15, 0.2) is 0 Å². The van der Waals surface area contributed by atoms with E-state index in [0.717, 1.165) is 27.4 Å². The quantitative estimate of drug-likeness (QED) is 0.795. The number of nitrogens with zero attached hydrogens (tertiary/aromatic N) is 1. The van der Waals surface area contributed by atoms with Crippen LogP contribution in [0.1, 0.15) is 16.7 Å². The monoisotopic (exact) mass is 291 g/mol. The molecule has 0 amide bonds. The Hall–Kier alpha value is -1.85. The highest BCUT2D eigenvalue weighted by atomic mass is 32.1. The van der Waals surface area contributed by atoms with Crippen LogP contribution in [0.4, 0.5) is 8.78 Å². The summed E-state index contributed by atoms with van der Waals surface area (Å²) in [5.41, 5.74) is 0.949. The molecule has 1 heterocycles. The van der Waals surface area contributed by atoms with Gasteiger partial charge in [0.1, 0.15) is 11.6 Å². The first-order valence-electron chi connectivity index (χ1n) is 6.11. The van der Waals surface area contributed by atoms with Gasteiger partial charge in [-0.2, -0.15) is 0 Å². The van der Waals surface area contributed by atoms with Gasteiger partial charge in [-0.15, -0.1) is 11.3 Å². The van der Waals surface area contributed by atoms with Gasteiger partial charge in [0.2, 0.25) is 0 Å². The van der Waals surface area contributed by atoms with Crippen LogP contribution >= 0.6 is 11.3 Å². The predicted octanol–water partition coefficient (Wildman–Crippen LogP) is 3.85. The molecule has 0 saturated carbocycles. The third-order valence-electron chi connectivity index (χ3n) is 3.03. The lowest BCUT2D eigenvalue weighted by atomic mass is 10.1. The van der Waals surface area contributed by atoms with E-state index < -0.39 is 17.7 Å². The number of hydrogen-bond donors (Lipinski definition) is 1. The van der Waals surface area contributed by atoms with Crippen LogP contribution in [-0.2, 0) is 6.42 Å². The first-order valence-corrected chi connectivity index (χ1v) is 6.92. The number of hydrogen-bond acceptors (Lipinski definition) is 3. The Morgan fingerprint density at radius 3 is 2.70 bits per heavy atom. The Balaban J connectivity index is 1.86. The lowest BCUT2D eigenvalue weighted by molar-refractivity contribution is 0.173. The second-order valence-electron chi connectivity index (χ2n) is 4.46. The SMILES string of the molecule is OC(Cc1nc2ccccc2s1)c1ccc(F)cc1F. The van der Waals surface area contributed by atoms with Crippen LogP contribution in [0.2, 0.25) is 0 Å². The molecule has 0 spiro atoms. The molecule has 0 aliphatic rings. The van der Waals surface area contributed by atoms with Crippen LogP contribution in [0.25, 0.3) is 10.2 Å². The van der Waals surface area contributed by atoms with Crippen LogP contribution < -0.4 is 0 Å². The molecule has 0 fully saturated rings. The largest absolute Gasteiger partial charge is 0.388 e. The summed E-state index contributed by atoms with van der Waals surface area (Å²) in [5, 5.41) is 10.8. The van der Waals surface area contributed by atoms with Crippen molar-refractivity contribution in [3.05, 3.63) is 64.7 Å². The Kier molecular flexibility index (Phi) is 3.46. The molecule has 0 bridgehead atoms. The fourth-order valence-electron chi connectivity index (χ4n) is 2.05. The van der Waals surface area contributed by atoms with E-state index in [1.807, 2.05) is 24.3 Å². The summed E-state index contributed by atoms with van der Waals surface area (Å²) in [6, 6.07) is 10.8. The second kappa shape index (κ2) is 5.26. The van der Waals surface area contributed by atoms with E-state index in [-0.39, 0.29) is 12.0 Å². The molecule has 5 heteroatoms. The predicted molar refractivity (Wildman–Crippen MR) is 74.6 cm³/mol. The zero-order valence-corrected chi connectivity index (χ0v) is 11.2. The van der Waals surface area contributed by atoms with Crippen molar-refractivity contribution in [2.45, 2.75) is 12.5 Å². The molecule has 2 nitrogen and oxygen atoms in total. The molecule has 0 saturated heterocycles. The molecule has 0 aliphatic carbocycles. The van der Waals surface area contributed by atoms with Crippen molar-refractivity contribution in [2.75, 3.05) is 0 Å². The van der Waals surface area contributed by atoms with Gasteiger partial charge in [0.05, 0.1) is 21.3 Å². The summed E-state index contributed by atoms with van der Waals surface area (Å²) in [7, 11) is 0. The highest BCUT2D eigenvalue weighted by Gasteiger charge is 2.16. The van der Waals surface area contributed by atoms with E-state index in [1.54, 1.807) is 0 Å². The minimum atomic E-state index is -1.03. The molecule has 1 atom stereocenters. The Morgan fingerprint density at radius 2 is 1.95 bits per heavy atom. The van der Waals surface area contributed by atoms with Gasteiger partial charge >= 0.3 is 0 Å². The molecule has 1 N–H and O–H groups in total. The van der Waals surface area contributed by atoms with Crippen molar-refractivity contribution < 1.29 is 13.9 Å². The van der Waals surface area contributed by atoms with Gasteiger partial charge in [-0.3, -0.25) is 0 Å². The van der Waals surface area contributed by atoms with Crippen LogP contribution in [-0.4, -0.2) is 10.1 Å². The standard InChI is InChI=1S/C15H11F2NOS/c16-9-5-6-10(11(17)7-9)13(19)8-15-18-12-3-1-2-4-14(12)20-15/h1-7,13,19H,8H2. The molecule has 1 aromatic heterocycles. The molecule has 102 valence electrons. The highest BCUT2D eigenvalue weighted by molar-refractivity contribution is 7.18. The maximum atomic E-state index is 13.6. The van der Waals surface area contributed by atoms with Crippen molar-refractivity contribution in [3.63, 3.8) is 0 Å². The summed E-state index contributed by atoms with van der Waals surface area (Å²) in [4.78, 5) is 4.39. The lowest BCUT2D eigenvalue weighted by Crippen LogP contribution is -2.04. The molecule has 2 aromatic carbocycles. The van der Waals surface area contributed by atoms with Gasteiger partial charge < -0.3 is 5.11 Å². The fourth-order valence-corrected chi connectivity index (χ4v) is 3.06. The van der Waals surface area contributed by atoms with Crippen molar-refractivity contribution >= 4 is 21.6 Å². The van der Waals surface area contributed by atoms with Gasteiger partial charge in [-0.1, -0.05) is 18.2 Å². The van der Waals surface area contributed by atoms with E-state index in [9.17, 15) is 13.9 Å². The van der Waals surface area contributed by atoms with Crippen LogP contribution in [0, 0.1) is 11.6 Å². The van der Waals surface area contributed by atoms with Crippen LogP contribution in [0.15, 0.2) is 42.5 Å². The highest BCUT2D eigenvalue weighted by Crippen LogP contribution is 2.27. The number of aliphatic hydroxyl groups is 1. The van der Waals surface area contributed by atoms with Crippen LogP contribution in [0.5, 0.6) is 0 Å². The number of fused-ring (bicyclic) bond motifs is 1. The molecule has 1 unspecified atom stereocenters. The van der Waals surface area contributed by atoms with Crippen molar-refractivity contribution in [2.24, 2.45) is 0 Å². The lowest BCUT2D eigenvalue weighted by Gasteiger charge is -2.10. The summed E-state index contributed by atoms with van der Waals surface area (Å²) < 4.78 is 27.5. The molecule has 3 aromatic rings. The number of aromatic nitrogens is 1. The molecule has 3 rings (SSSR count). The van der Waals surface area contributed by atoms with E-state index in [4.69, 9.17) is 0 Å². The van der Waals surface area contributed by atoms with E-state index in [0.29, 0.717) is 0 Å². The summed E-state index contributed by atoms with van der Waals surface area (Å²) >= 11 is 1.46. The maximum absolute atomic E-state index is 13.6. The normalized spacial score (nSPS) is 12.8. The fraction of sp³-hybridized carbons (Fsp3) is 0.133. The second-order valence-corrected chi connectivity index (χ2v) is 5.58. The third kappa shape index (κ3) is 2.55. The minimum absolute atomic E-state index is 0.0886. The summed E-state index contributed by atoms with van der Waals surface area (Å²) in [6.07, 6.45) is -0.821. The van der Waals surface area contributed by atoms with E-state index in [2.05, 4.69) is 4.98 Å². The number of benzene rings is 2. The van der Waals surface area contributed by atoms with Crippen molar-refractivity contribution in [1.29, 1.82) is 0 Å². The average molecular weight is 291 g/mol.